The van der Waals surface area contributed by atoms with Crippen LogP contribution >= 0.6 is 0 Å². The van der Waals surface area contributed by atoms with Crippen LogP contribution in [0.3, 0.4) is 0 Å². The first-order chi connectivity index (χ1) is 11.4. The molecule has 1 aromatic heterocycles. The Morgan fingerprint density at radius 2 is 1.88 bits per heavy atom. The molecule has 0 radical (unpaired) electrons. The van der Waals surface area contributed by atoms with Crippen LogP contribution in [0, 0.1) is 0 Å². The molecule has 0 bridgehead atoms. The Morgan fingerprint density at radius 1 is 1.12 bits per heavy atom. The van der Waals surface area contributed by atoms with Gasteiger partial charge in [0.25, 0.3) is 0 Å². The maximum absolute atomic E-state index is 11.1. The molecule has 2 heterocycles. The van der Waals surface area contributed by atoms with Crippen LogP contribution < -0.4 is 4.74 Å². The number of phenols is 1. The van der Waals surface area contributed by atoms with E-state index in [0.29, 0.717) is 5.39 Å². The van der Waals surface area contributed by atoms with Crippen molar-refractivity contribution in [2.24, 2.45) is 0 Å². The minimum Gasteiger partial charge on any atom is -0.506 e. The summed E-state index contributed by atoms with van der Waals surface area (Å²) in [5, 5.41) is 48.7. The van der Waals surface area contributed by atoms with E-state index in [1.807, 2.05) is 0 Å². The van der Waals surface area contributed by atoms with E-state index in [2.05, 4.69) is 4.98 Å². The molecule has 0 unspecified atom stereocenters. The van der Waals surface area contributed by atoms with E-state index in [4.69, 9.17) is 14.6 Å². The Morgan fingerprint density at radius 3 is 2.58 bits per heavy atom. The summed E-state index contributed by atoms with van der Waals surface area (Å²) in [7, 11) is 0. The highest BCUT2D eigenvalue weighted by atomic mass is 16.7. The zero-order chi connectivity index (χ0) is 17.4. The standard InChI is InChI=1S/C15H15NO8/c17-7-3-4-8(6-2-1-5-16-9(6)7)23-15-12(20)10(18)11(19)13(24-15)14(21)22/h1-5,10-13,15,17-20H,(H,21,22)/t10-,11-,12+,13-,15+/m0/s1. The molecule has 1 aliphatic heterocycles. The third-order valence-corrected chi connectivity index (χ3v) is 3.76. The zero-order valence-electron chi connectivity index (χ0n) is 12.2. The van der Waals surface area contributed by atoms with Crippen LogP contribution in [0.5, 0.6) is 11.5 Å². The zero-order valence-corrected chi connectivity index (χ0v) is 12.2. The van der Waals surface area contributed by atoms with Gasteiger partial charge in [-0.3, -0.25) is 4.98 Å². The van der Waals surface area contributed by atoms with Crippen LogP contribution in [0.15, 0.2) is 30.5 Å². The molecule has 0 amide bonds. The van der Waals surface area contributed by atoms with Crippen molar-refractivity contribution in [2.75, 3.05) is 0 Å². The summed E-state index contributed by atoms with van der Waals surface area (Å²) in [4.78, 5) is 15.1. The molecule has 24 heavy (non-hydrogen) atoms. The van der Waals surface area contributed by atoms with Crippen LogP contribution in [0.1, 0.15) is 0 Å². The van der Waals surface area contributed by atoms with Gasteiger partial charge in [-0.1, -0.05) is 0 Å². The minimum absolute atomic E-state index is 0.0815. The van der Waals surface area contributed by atoms with E-state index in [0.717, 1.165) is 0 Å². The van der Waals surface area contributed by atoms with Crippen molar-refractivity contribution in [3.8, 4) is 11.5 Å². The molecule has 3 rings (SSSR count). The normalized spacial score (nSPS) is 30.2. The van der Waals surface area contributed by atoms with Crippen molar-refractivity contribution in [3.05, 3.63) is 30.5 Å². The van der Waals surface area contributed by atoms with Gasteiger partial charge in [0.2, 0.25) is 6.29 Å². The summed E-state index contributed by atoms with van der Waals surface area (Å²) in [6.07, 6.45) is -7.04. The number of aromatic hydroxyl groups is 1. The second-order valence-electron chi connectivity index (χ2n) is 5.34. The molecule has 1 saturated heterocycles. The number of aromatic nitrogens is 1. The third kappa shape index (κ3) is 2.74. The summed E-state index contributed by atoms with van der Waals surface area (Å²) in [5.74, 6) is -1.42. The number of carboxylic acids is 1. The minimum atomic E-state index is -1.80. The predicted molar refractivity (Wildman–Crippen MR) is 78.4 cm³/mol. The molecular weight excluding hydrogens is 322 g/mol. The number of aliphatic hydroxyl groups is 3. The van der Waals surface area contributed by atoms with Crippen LogP contribution in [-0.2, 0) is 9.53 Å². The maximum Gasteiger partial charge on any atom is 0.335 e. The van der Waals surface area contributed by atoms with E-state index in [9.17, 15) is 25.2 Å². The predicted octanol–water partition coefficient (Wildman–Crippen LogP) is -0.789. The van der Waals surface area contributed by atoms with Gasteiger partial charge in [-0.15, -0.1) is 0 Å². The second kappa shape index (κ2) is 6.21. The van der Waals surface area contributed by atoms with E-state index in [-0.39, 0.29) is 17.0 Å². The molecule has 1 aliphatic rings. The number of pyridine rings is 1. The lowest BCUT2D eigenvalue weighted by molar-refractivity contribution is -0.270. The van der Waals surface area contributed by atoms with Crippen molar-refractivity contribution in [1.82, 2.24) is 4.98 Å². The van der Waals surface area contributed by atoms with Gasteiger partial charge in [0.1, 0.15) is 35.3 Å². The van der Waals surface area contributed by atoms with Crippen LogP contribution in [0.4, 0.5) is 0 Å². The first-order valence-corrected chi connectivity index (χ1v) is 7.06. The van der Waals surface area contributed by atoms with Gasteiger partial charge in [-0.25, -0.2) is 4.79 Å². The number of phenolic OH excluding ortho intramolecular Hbond substituents is 1. The second-order valence-corrected chi connectivity index (χ2v) is 5.34. The monoisotopic (exact) mass is 337 g/mol. The van der Waals surface area contributed by atoms with Crippen molar-refractivity contribution < 1.29 is 39.8 Å². The fourth-order valence-corrected chi connectivity index (χ4v) is 2.51. The number of benzene rings is 1. The average molecular weight is 337 g/mol. The van der Waals surface area contributed by atoms with Gasteiger partial charge in [0, 0.05) is 11.6 Å². The number of carboxylic acid groups (broad SMARTS) is 1. The van der Waals surface area contributed by atoms with Crippen molar-refractivity contribution in [2.45, 2.75) is 30.7 Å². The van der Waals surface area contributed by atoms with Gasteiger partial charge in [0.15, 0.2) is 6.10 Å². The molecule has 2 aromatic rings. The highest BCUT2D eigenvalue weighted by Crippen LogP contribution is 2.33. The molecule has 5 N–H and O–H groups in total. The van der Waals surface area contributed by atoms with E-state index in [1.165, 1.54) is 18.3 Å². The molecule has 9 nitrogen and oxygen atoms in total. The van der Waals surface area contributed by atoms with Crippen molar-refractivity contribution in [1.29, 1.82) is 0 Å². The Labute approximate surface area is 135 Å². The first-order valence-electron chi connectivity index (χ1n) is 7.06. The van der Waals surface area contributed by atoms with Crippen LogP contribution in [-0.4, -0.2) is 67.2 Å². The Bertz CT molecular complexity index is 766. The average Bonchev–Trinajstić information content (AvgIpc) is 2.57. The number of ether oxygens (including phenoxy) is 2. The smallest absolute Gasteiger partial charge is 0.335 e. The topological polar surface area (TPSA) is 150 Å². The van der Waals surface area contributed by atoms with Crippen molar-refractivity contribution >= 4 is 16.9 Å². The highest BCUT2D eigenvalue weighted by Gasteiger charge is 2.48. The van der Waals surface area contributed by atoms with Gasteiger partial charge < -0.3 is 35.0 Å². The number of carbonyl (C=O) groups is 1. The Hall–Kier alpha value is -2.46. The molecule has 1 fully saturated rings. The lowest BCUT2D eigenvalue weighted by Crippen LogP contribution is -2.61. The van der Waals surface area contributed by atoms with E-state index >= 15 is 0 Å². The Kier molecular flexibility index (Phi) is 4.24. The summed E-state index contributed by atoms with van der Waals surface area (Å²) in [6.45, 7) is 0. The number of rotatable bonds is 3. The van der Waals surface area contributed by atoms with Gasteiger partial charge in [-0.05, 0) is 24.3 Å². The fourth-order valence-electron chi connectivity index (χ4n) is 2.51. The first kappa shape index (κ1) is 16.4. The van der Waals surface area contributed by atoms with Gasteiger partial charge in [-0.2, -0.15) is 0 Å². The van der Waals surface area contributed by atoms with Crippen molar-refractivity contribution in [3.63, 3.8) is 0 Å². The summed E-state index contributed by atoms with van der Waals surface area (Å²) >= 11 is 0. The van der Waals surface area contributed by atoms with Crippen LogP contribution in [0.2, 0.25) is 0 Å². The highest BCUT2D eigenvalue weighted by molar-refractivity contribution is 5.89. The number of nitrogens with zero attached hydrogens (tertiary/aromatic N) is 1. The molecular formula is C15H15NO8. The number of aliphatic carboxylic acids is 1. The lowest BCUT2D eigenvalue weighted by atomic mass is 9.99. The quantitative estimate of drug-likeness (QED) is 0.485. The summed E-state index contributed by atoms with van der Waals surface area (Å²) < 4.78 is 10.5. The van der Waals surface area contributed by atoms with Gasteiger partial charge >= 0.3 is 5.97 Å². The van der Waals surface area contributed by atoms with Crippen LogP contribution in [0.25, 0.3) is 10.9 Å². The molecule has 128 valence electrons. The lowest BCUT2D eigenvalue weighted by Gasteiger charge is -2.38. The number of hydrogen-bond donors (Lipinski definition) is 5. The number of hydrogen-bond acceptors (Lipinski definition) is 8. The molecule has 9 heteroatoms. The summed E-state index contributed by atoms with van der Waals surface area (Å²) in [6, 6.07) is 5.92. The fraction of sp³-hybridized carbons (Fsp3) is 0.333. The molecule has 1 aromatic carbocycles. The van der Waals surface area contributed by atoms with E-state index in [1.54, 1.807) is 12.1 Å². The number of aliphatic hydroxyl groups excluding tert-OH is 3. The SMILES string of the molecule is O=C(O)[C@H]1O[C@@H](Oc2ccc(O)c3ncccc23)[C@H](O)[C@@H](O)[C@@H]1O. The molecule has 5 atom stereocenters. The largest absolute Gasteiger partial charge is 0.506 e. The molecule has 0 saturated carbocycles. The Balaban J connectivity index is 1.93. The van der Waals surface area contributed by atoms with E-state index < -0.39 is 36.7 Å². The van der Waals surface area contributed by atoms with Gasteiger partial charge in [0.05, 0.1) is 0 Å². The molecule has 0 spiro atoms. The molecule has 0 aliphatic carbocycles. The number of fused-ring (bicyclic) bond motifs is 1. The summed E-state index contributed by atoms with van der Waals surface area (Å²) in [5.41, 5.74) is 0.246. The maximum atomic E-state index is 11.1. The third-order valence-electron chi connectivity index (χ3n) is 3.76.